The molecular formula is C26H29N3O6S. The molecule has 0 aromatic heterocycles. The van der Waals surface area contributed by atoms with Crippen molar-refractivity contribution in [1.82, 2.24) is 14.7 Å². The molecule has 2 aromatic rings. The molecule has 3 saturated heterocycles. The van der Waals surface area contributed by atoms with Gasteiger partial charge in [-0.05, 0) is 25.1 Å². The van der Waals surface area contributed by atoms with Crippen molar-refractivity contribution in [2.45, 2.75) is 35.6 Å². The molecule has 0 radical (unpaired) electrons. The van der Waals surface area contributed by atoms with Gasteiger partial charge in [-0.2, -0.15) is 0 Å². The minimum atomic E-state index is -4.18. The van der Waals surface area contributed by atoms with Crippen LogP contribution in [0.1, 0.15) is 30.6 Å². The lowest BCUT2D eigenvalue weighted by Crippen LogP contribution is -2.63. The lowest BCUT2D eigenvalue weighted by atomic mass is 9.94. The Morgan fingerprint density at radius 3 is 1.97 bits per heavy atom. The Bertz CT molecular complexity index is 1240. The first-order valence-corrected chi connectivity index (χ1v) is 13.5. The summed E-state index contributed by atoms with van der Waals surface area (Å²) in [5.74, 6) is -2.04. The average molecular weight is 512 g/mol. The molecule has 2 amide bonds. The Morgan fingerprint density at radius 2 is 1.47 bits per heavy atom. The number of benzene rings is 2. The predicted octanol–water partition coefficient (Wildman–Crippen LogP) is 1.21. The molecule has 36 heavy (non-hydrogen) atoms. The number of piperazine rings is 1. The highest BCUT2D eigenvalue weighted by atomic mass is 32.2. The number of fused-ring (bicyclic) bond motifs is 1. The van der Waals surface area contributed by atoms with E-state index in [9.17, 15) is 22.8 Å². The zero-order chi connectivity index (χ0) is 25.7. The summed E-state index contributed by atoms with van der Waals surface area (Å²) < 4.78 is 31.1. The molecule has 5 rings (SSSR count). The molecule has 190 valence electrons. The number of carbonyl (C=O) groups is 3. The Balaban J connectivity index is 1.53. The van der Waals surface area contributed by atoms with E-state index in [1.807, 2.05) is 72.6 Å². The van der Waals surface area contributed by atoms with Gasteiger partial charge in [0.1, 0.15) is 5.37 Å². The van der Waals surface area contributed by atoms with Crippen LogP contribution in [0.25, 0.3) is 0 Å². The first-order chi connectivity index (χ1) is 17.2. The van der Waals surface area contributed by atoms with Crippen LogP contribution in [0, 0.1) is 0 Å². The second-order valence-electron chi connectivity index (χ2n) is 9.75. The number of esters is 1. The van der Waals surface area contributed by atoms with Crippen molar-refractivity contribution in [3.63, 3.8) is 0 Å². The van der Waals surface area contributed by atoms with Crippen molar-refractivity contribution in [1.29, 1.82) is 0 Å². The molecule has 3 fully saturated rings. The maximum Gasteiger partial charge on any atom is 0.332 e. The van der Waals surface area contributed by atoms with Crippen LogP contribution in [-0.2, 0) is 29.0 Å². The maximum atomic E-state index is 13.8. The highest BCUT2D eigenvalue weighted by Crippen LogP contribution is 2.48. The van der Waals surface area contributed by atoms with E-state index in [0.29, 0.717) is 37.3 Å². The number of hydrogen-bond donors (Lipinski definition) is 0. The molecule has 0 aliphatic carbocycles. The quantitative estimate of drug-likeness (QED) is 0.439. The van der Waals surface area contributed by atoms with Gasteiger partial charge in [-0.15, -0.1) is 0 Å². The van der Waals surface area contributed by atoms with Gasteiger partial charge in [0.25, 0.3) is 0 Å². The minimum Gasteiger partial charge on any atom is -0.451 e. The van der Waals surface area contributed by atoms with Crippen LogP contribution in [-0.4, -0.2) is 90.3 Å². The summed E-state index contributed by atoms with van der Waals surface area (Å²) in [6.07, 6.45) is -1.07. The Kier molecular flexibility index (Phi) is 6.12. The SMILES string of the molecule is CN1CCN(C(=O)[C@@]2(C)[C@H](C(=O)OC(c3ccccc3)c3ccccc3)N3C(=O)C[C@H]3S2(=O)=O)CC1. The normalized spacial score (nSPS) is 27.5. The fourth-order valence-electron chi connectivity index (χ4n) is 5.34. The summed E-state index contributed by atoms with van der Waals surface area (Å²) in [6, 6.07) is 16.6. The summed E-state index contributed by atoms with van der Waals surface area (Å²) in [5.41, 5.74) is 1.38. The van der Waals surface area contributed by atoms with Crippen molar-refractivity contribution in [3.8, 4) is 0 Å². The smallest absolute Gasteiger partial charge is 0.332 e. The second kappa shape index (κ2) is 9.01. The van der Waals surface area contributed by atoms with Crippen molar-refractivity contribution >= 4 is 27.6 Å². The largest absolute Gasteiger partial charge is 0.451 e. The molecular weight excluding hydrogens is 482 g/mol. The summed E-state index contributed by atoms with van der Waals surface area (Å²) in [5, 5.41) is -1.20. The van der Waals surface area contributed by atoms with Crippen molar-refractivity contribution < 1.29 is 27.5 Å². The van der Waals surface area contributed by atoms with Crippen molar-refractivity contribution in [2.75, 3.05) is 33.2 Å². The number of ether oxygens (including phenoxy) is 1. The van der Waals surface area contributed by atoms with Crippen LogP contribution in [0.3, 0.4) is 0 Å². The average Bonchev–Trinajstić information content (AvgIpc) is 3.03. The number of rotatable bonds is 5. The van der Waals surface area contributed by atoms with E-state index < -0.39 is 49.9 Å². The second-order valence-corrected chi connectivity index (χ2v) is 12.2. The third-order valence-corrected chi connectivity index (χ3v) is 10.3. The van der Waals surface area contributed by atoms with Crippen LogP contribution in [0.5, 0.6) is 0 Å². The zero-order valence-corrected chi connectivity index (χ0v) is 21.1. The van der Waals surface area contributed by atoms with Crippen molar-refractivity contribution in [3.05, 3.63) is 71.8 Å². The van der Waals surface area contributed by atoms with E-state index in [0.717, 1.165) is 4.90 Å². The highest BCUT2D eigenvalue weighted by Gasteiger charge is 2.74. The number of carbonyl (C=O) groups excluding carboxylic acids is 3. The molecule has 0 spiro atoms. The third-order valence-electron chi connectivity index (χ3n) is 7.57. The molecule has 10 heteroatoms. The molecule has 3 aliphatic rings. The lowest BCUT2D eigenvalue weighted by molar-refractivity contribution is -0.166. The Morgan fingerprint density at radius 1 is 0.944 bits per heavy atom. The number of nitrogens with zero attached hydrogens (tertiary/aromatic N) is 3. The van der Waals surface area contributed by atoms with Gasteiger partial charge in [-0.3, -0.25) is 9.59 Å². The molecule has 3 aliphatic heterocycles. The first kappa shape index (κ1) is 24.5. The monoisotopic (exact) mass is 511 g/mol. The molecule has 0 N–H and O–H groups in total. The Hall–Kier alpha value is -3.24. The van der Waals surface area contributed by atoms with Crippen LogP contribution >= 0.6 is 0 Å². The number of hydrogen-bond acceptors (Lipinski definition) is 7. The van der Waals surface area contributed by atoms with E-state index in [-0.39, 0.29) is 6.42 Å². The van der Waals surface area contributed by atoms with Crippen LogP contribution < -0.4 is 0 Å². The van der Waals surface area contributed by atoms with E-state index in [2.05, 4.69) is 0 Å². The van der Waals surface area contributed by atoms with Gasteiger partial charge in [-0.1, -0.05) is 60.7 Å². The summed E-state index contributed by atoms with van der Waals surface area (Å²) in [7, 11) is -2.26. The van der Waals surface area contributed by atoms with Gasteiger partial charge in [0.05, 0.1) is 6.42 Å². The number of likely N-dealkylation sites (N-methyl/N-ethyl adjacent to an activating group) is 1. The van der Waals surface area contributed by atoms with Gasteiger partial charge in [-0.25, -0.2) is 13.2 Å². The van der Waals surface area contributed by atoms with E-state index in [1.165, 1.54) is 11.8 Å². The van der Waals surface area contributed by atoms with Gasteiger partial charge >= 0.3 is 5.97 Å². The van der Waals surface area contributed by atoms with E-state index in [1.54, 1.807) is 0 Å². The fraction of sp³-hybridized carbons (Fsp3) is 0.423. The number of sulfone groups is 1. The van der Waals surface area contributed by atoms with Crippen LogP contribution in [0.2, 0.25) is 0 Å². The third kappa shape index (κ3) is 3.70. The first-order valence-electron chi connectivity index (χ1n) is 12.0. The molecule has 9 nitrogen and oxygen atoms in total. The van der Waals surface area contributed by atoms with Crippen molar-refractivity contribution in [2.24, 2.45) is 0 Å². The van der Waals surface area contributed by atoms with Gasteiger partial charge in [0, 0.05) is 26.2 Å². The lowest BCUT2D eigenvalue weighted by Gasteiger charge is -2.39. The highest BCUT2D eigenvalue weighted by molar-refractivity contribution is 7.94. The van der Waals surface area contributed by atoms with E-state index >= 15 is 0 Å². The summed E-state index contributed by atoms with van der Waals surface area (Å²) in [6.45, 7) is 3.15. The van der Waals surface area contributed by atoms with Crippen LogP contribution in [0.15, 0.2) is 60.7 Å². The topological polar surface area (TPSA) is 104 Å². The molecule has 0 unspecified atom stereocenters. The standard InChI is InChI=1S/C26H29N3O6S/c1-26(25(32)28-15-13-27(2)14-16-28)23(29-20(30)17-21(29)36(26,33)34)24(31)35-22(18-9-5-3-6-10-18)19-11-7-4-8-12-19/h3-12,21-23H,13-17H2,1-2H3/t21-,23+,26-/m1/s1. The molecule has 3 atom stereocenters. The number of amides is 2. The zero-order valence-electron chi connectivity index (χ0n) is 20.2. The Labute approximate surface area is 210 Å². The fourth-order valence-corrected chi connectivity index (χ4v) is 7.70. The van der Waals surface area contributed by atoms with Gasteiger partial charge in [0.2, 0.25) is 11.8 Å². The summed E-state index contributed by atoms with van der Waals surface area (Å²) in [4.78, 5) is 44.8. The molecule has 0 bridgehead atoms. The maximum absolute atomic E-state index is 13.8. The predicted molar refractivity (Wildman–Crippen MR) is 131 cm³/mol. The summed E-state index contributed by atoms with van der Waals surface area (Å²) >= 11 is 0. The minimum absolute atomic E-state index is 0.238. The molecule has 0 saturated carbocycles. The molecule has 3 heterocycles. The van der Waals surface area contributed by atoms with Crippen LogP contribution in [0.4, 0.5) is 0 Å². The van der Waals surface area contributed by atoms with Gasteiger partial charge < -0.3 is 19.4 Å². The number of β-lactam (4-membered cyclic amide) rings is 1. The van der Waals surface area contributed by atoms with E-state index in [4.69, 9.17) is 4.74 Å². The van der Waals surface area contributed by atoms with Gasteiger partial charge in [0.15, 0.2) is 26.7 Å². The molecule has 2 aromatic carbocycles.